The minimum Gasteiger partial charge on any atom is -0.493 e. The summed E-state index contributed by atoms with van der Waals surface area (Å²) in [7, 11) is 4.56. The molecule has 3 rings (SSSR count). The van der Waals surface area contributed by atoms with Crippen LogP contribution in [0.3, 0.4) is 0 Å². The zero-order valence-electron chi connectivity index (χ0n) is 14.0. The van der Waals surface area contributed by atoms with E-state index in [0.717, 1.165) is 10.9 Å². The number of hydrogen-bond acceptors (Lipinski definition) is 4. The van der Waals surface area contributed by atoms with Crippen molar-refractivity contribution in [2.24, 2.45) is 0 Å². The second-order valence-electron chi connectivity index (χ2n) is 5.26. The van der Waals surface area contributed by atoms with Crippen molar-refractivity contribution in [2.45, 2.75) is 0 Å². The van der Waals surface area contributed by atoms with Gasteiger partial charge < -0.3 is 24.5 Å². The lowest BCUT2D eigenvalue weighted by atomic mass is 10.1. The average Bonchev–Trinajstić information content (AvgIpc) is 3.03. The van der Waals surface area contributed by atoms with Crippen molar-refractivity contribution in [3.05, 3.63) is 47.1 Å². The number of anilines is 1. The largest absolute Gasteiger partial charge is 0.493 e. The lowest BCUT2D eigenvalue weighted by Crippen LogP contribution is -2.11. The van der Waals surface area contributed by atoms with Crippen molar-refractivity contribution in [2.75, 3.05) is 26.6 Å². The van der Waals surface area contributed by atoms with Gasteiger partial charge in [0, 0.05) is 39.9 Å². The number of aromatic nitrogens is 1. The average molecular weight is 361 g/mol. The van der Waals surface area contributed by atoms with Crippen LogP contribution >= 0.6 is 11.6 Å². The first-order chi connectivity index (χ1) is 12.1. The lowest BCUT2D eigenvalue weighted by Gasteiger charge is -2.14. The fraction of sp³-hybridized carbons (Fsp3) is 0.167. The van der Waals surface area contributed by atoms with Crippen molar-refractivity contribution in [1.82, 2.24) is 4.98 Å². The zero-order valence-corrected chi connectivity index (χ0v) is 14.7. The van der Waals surface area contributed by atoms with Gasteiger partial charge in [0.05, 0.1) is 26.9 Å². The molecular formula is C18H17ClN2O4. The molecule has 0 unspecified atom stereocenters. The van der Waals surface area contributed by atoms with E-state index in [0.29, 0.717) is 33.5 Å². The highest BCUT2D eigenvalue weighted by molar-refractivity contribution is 6.31. The Morgan fingerprint density at radius 1 is 1.04 bits per heavy atom. The van der Waals surface area contributed by atoms with Gasteiger partial charge in [-0.2, -0.15) is 0 Å². The van der Waals surface area contributed by atoms with Gasteiger partial charge in [0.15, 0.2) is 11.5 Å². The summed E-state index contributed by atoms with van der Waals surface area (Å²) in [4.78, 5) is 15.7. The highest BCUT2D eigenvalue weighted by Crippen LogP contribution is 2.40. The maximum atomic E-state index is 12.7. The number of amides is 1. The second kappa shape index (κ2) is 6.94. The number of carbonyl (C=O) groups excluding carboxylic acids is 1. The Hall–Kier alpha value is -2.86. The topological polar surface area (TPSA) is 72.6 Å². The number of methoxy groups -OCH3 is 3. The van der Waals surface area contributed by atoms with Crippen LogP contribution in [0.1, 0.15) is 10.4 Å². The molecule has 130 valence electrons. The summed E-state index contributed by atoms with van der Waals surface area (Å²) in [5, 5.41) is 4.23. The minimum atomic E-state index is -0.261. The Bertz CT molecular complexity index is 911. The number of carbonyl (C=O) groups is 1. The third kappa shape index (κ3) is 3.21. The molecule has 0 saturated carbocycles. The second-order valence-corrected chi connectivity index (χ2v) is 5.70. The highest BCUT2D eigenvalue weighted by Gasteiger charge is 2.17. The number of rotatable bonds is 5. The lowest BCUT2D eigenvalue weighted by molar-refractivity contribution is 0.102. The van der Waals surface area contributed by atoms with Gasteiger partial charge in [-0.15, -0.1) is 0 Å². The third-order valence-electron chi connectivity index (χ3n) is 3.81. The van der Waals surface area contributed by atoms with Crippen LogP contribution in [0.2, 0.25) is 5.02 Å². The van der Waals surface area contributed by atoms with Crippen LogP contribution < -0.4 is 19.5 Å². The van der Waals surface area contributed by atoms with Crippen molar-refractivity contribution in [3.63, 3.8) is 0 Å². The molecule has 25 heavy (non-hydrogen) atoms. The molecule has 0 aliphatic heterocycles. The predicted octanol–water partition coefficient (Wildman–Crippen LogP) is 4.10. The van der Waals surface area contributed by atoms with Crippen LogP contribution in [0.15, 0.2) is 36.5 Å². The number of ether oxygens (including phenoxy) is 3. The van der Waals surface area contributed by atoms with Crippen LogP contribution in [-0.2, 0) is 0 Å². The number of fused-ring (bicyclic) bond motifs is 1. The fourth-order valence-corrected chi connectivity index (χ4v) is 2.81. The number of aromatic amines is 1. The van der Waals surface area contributed by atoms with Crippen molar-refractivity contribution in [1.29, 1.82) is 0 Å². The van der Waals surface area contributed by atoms with Crippen LogP contribution in [0, 0.1) is 0 Å². The Morgan fingerprint density at radius 3 is 2.32 bits per heavy atom. The van der Waals surface area contributed by atoms with Gasteiger partial charge in [-0.05, 0) is 12.1 Å². The molecule has 1 heterocycles. The van der Waals surface area contributed by atoms with Crippen molar-refractivity contribution in [3.8, 4) is 17.2 Å². The first kappa shape index (κ1) is 17.0. The van der Waals surface area contributed by atoms with E-state index < -0.39 is 0 Å². The van der Waals surface area contributed by atoms with Gasteiger partial charge in [-0.25, -0.2) is 0 Å². The fourth-order valence-electron chi connectivity index (χ4n) is 2.64. The van der Waals surface area contributed by atoms with Crippen molar-refractivity contribution < 1.29 is 19.0 Å². The van der Waals surface area contributed by atoms with Crippen LogP contribution in [-0.4, -0.2) is 32.2 Å². The number of halogens is 1. The van der Waals surface area contributed by atoms with Gasteiger partial charge in [0.25, 0.3) is 5.91 Å². The summed E-state index contributed by atoms with van der Waals surface area (Å²) in [6.45, 7) is 0. The quantitative estimate of drug-likeness (QED) is 0.718. The first-order valence-corrected chi connectivity index (χ1v) is 7.83. The molecule has 1 aromatic heterocycles. The summed E-state index contributed by atoms with van der Waals surface area (Å²) >= 11 is 5.97. The molecule has 6 nitrogen and oxygen atoms in total. The molecule has 7 heteroatoms. The molecule has 0 spiro atoms. The van der Waals surface area contributed by atoms with E-state index in [4.69, 9.17) is 25.8 Å². The van der Waals surface area contributed by atoms with Crippen LogP contribution in [0.5, 0.6) is 17.2 Å². The number of nitrogens with one attached hydrogen (secondary N) is 2. The Kier molecular flexibility index (Phi) is 4.72. The predicted molar refractivity (Wildman–Crippen MR) is 97.4 cm³/mol. The van der Waals surface area contributed by atoms with Gasteiger partial charge in [0.2, 0.25) is 5.75 Å². The summed E-state index contributed by atoms with van der Waals surface area (Å²) in [6.07, 6.45) is 1.65. The maximum absolute atomic E-state index is 12.7. The van der Waals surface area contributed by atoms with Gasteiger partial charge >= 0.3 is 0 Å². The summed E-state index contributed by atoms with van der Waals surface area (Å²) < 4.78 is 15.9. The van der Waals surface area contributed by atoms with E-state index in [2.05, 4.69) is 10.3 Å². The Labute approximate surface area is 149 Å². The summed E-state index contributed by atoms with van der Waals surface area (Å²) in [6, 6.07) is 8.66. The van der Waals surface area contributed by atoms with E-state index in [1.807, 2.05) is 0 Å². The van der Waals surface area contributed by atoms with Gasteiger partial charge in [-0.3, -0.25) is 4.79 Å². The monoisotopic (exact) mass is 360 g/mol. The van der Waals surface area contributed by atoms with Gasteiger partial charge in [-0.1, -0.05) is 17.7 Å². The molecule has 0 aliphatic carbocycles. The Morgan fingerprint density at radius 2 is 1.72 bits per heavy atom. The summed E-state index contributed by atoms with van der Waals surface area (Å²) in [5.41, 5.74) is 1.84. The molecule has 0 saturated heterocycles. The molecule has 1 amide bonds. The van der Waals surface area contributed by atoms with Crippen LogP contribution in [0.25, 0.3) is 10.9 Å². The molecule has 0 bridgehead atoms. The number of benzene rings is 2. The number of H-pyrrole nitrogens is 1. The van der Waals surface area contributed by atoms with Crippen molar-refractivity contribution >= 4 is 34.1 Å². The molecule has 2 aromatic carbocycles. The molecule has 2 N–H and O–H groups in total. The molecule has 3 aromatic rings. The molecule has 0 atom stereocenters. The first-order valence-electron chi connectivity index (χ1n) is 7.45. The molecule has 0 aliphatic rings. The Balaban J connectivity index is 1.94. The molecular weight excluding hydrogens is 344 g/mol. The molecule has 0 radical (unpaired) electrons. The van der Waals surface area contributed by atoms with E-state index >= 15 is 0 Å². The van der Waals surface area contributed by atoms with Gasteiger partial charge in [0.1, 0.15) is 0 Å². The highest BCUT2D eigenvalue weighted by atomic mass is 35.5. The third-order valence-corrected chi connectivity index (χ3v) is 4.05. The summed E-state index contributed by atoms with van der Waals surface area (Å²) in [5.74, 6) is 1.12. The van der Waals surface area contributed by atoms with E-state index in [1.54, 1.807) is 36.5 Å². The maximum Gasteiger partial charge on any atom is 0.257 e. The van der Waals surface area contributed by atoms with E-state index in [1.165, 1.54) is 21.3 Å². The SMILES string of the molecule is COc1cc(NC(=O)c2c[nH]c3cc(Cl)ccc23)cc(OC)c1OC. The minimum absolute atomic E-state index is 0.261. The smallest absolute Gasteiger partial charge is 0.257 e. The van der Waals surface area contributed by atoms with E-state index in [-0.39, 0.29) is 5.91 Å². The van der Waals surface area contributed by atoms with Crippen LogP contribution in [0.4, 0.5) is 5.69 Å². The normalized spacial score (nSPS) is 10.6. The zero-order chi connectivity index (χ0) is 18.0. The standard InChI is InChI=1S/C18H17ClN2O4/c1-23-15-7-11(8-16(24-2)17(15)25-3)21-18(22)13-9-20-14-6-10(19)4-5-12(13)14/h4-9,20H,1-3H3,(H,21,22). The van der Waals surface area contributed by atoms with E-state index in [9.17, 15) is 4.79 Å². The molecule has 0 fully saturated rings. The number of hydrogen-bond donors (Lipinski definition) is 2.